The fourth-order valence-corrected chi connectivity index (χ4v) is 4.21. The smallest absolute Gasteiger partial charge is 0.340 e. The summed E-state index contributed by atoms with van der Waals surface area (Å²) >= 11 is 1.25. The predicted molar refractivity (Wildman–Crippen MR) is 105 cm³/mol. The number of fused-ring (bicyclic) bond motifs is 6. The molecule has 0 saturated heterocycles. The number of hydrogen-bond acceptors (Lipinski definition) is 6. The molecule has 0 N–H and O–H groups in total. The Labute approximate surface area is 166 Å². The highest BCUT2D eigenvalue weighted by Crippen LogP contribution is 2.57. The Morgan fingerprint density at radius 3 is 2.29 bits per heavy atom. The van der Waals surface area contributed by atoms with E-state index >= 15 is 0 Å². The minimum Gasteiger partial charge on any atom is -0.497 e. The second kappa shape index (κ2) is 6.21. The molecule has 5 rings (SSSR count). The maximum absolute atomic E-state index is 12.7. The van der Waals surface area contributed by atoms with Crippen molar-refractivity contribution in [3.05, 3.63) is 82.9 Å². The summed E-state index contributed by atoms with van der Waals surface area (Å²) in [4.78, 5) is 12.7. The summed E-state index contributed by atoms with van der Waals surface area (Å²) in [6.07, 6.45) is 1.84. The summed E-state index contributed by atoms with van der Waals surface area (Å²) in [5.74, 6) is 2.13. The molecule has 2 aliphatic rings. The molecule has 28 heavy (non-hydrogen) atoms. The van der Waals surface area contributed by atoms with Crippen LogP contribution >= 0.6 is 12.0 Å². The number of ether oxygens (including phenoxy) is 3. The van der Waals surface area contributed by atoms with Crippen molar-refractivity contribution in [3.8, 4) is 23.0 Å². The van der Waals surface area contributed by atoms with E-state index < -0.39 is 5.60 Å². The minimum absolute atomic E-state index is 0.352. The molecule has 140 valence electrons. The van der Waals surface area contributed by atoms with Gasteiger partial charge in [-0.2, -0.15) is 0 Å². The summed E-state index contributed by atoms with van der Waals surface area (Å²) in [7, 11) is 1.60. The van der Waals surface area contributed by atoms with Crippen LogP contribution in [0, 0.1) is 0 Å². The van der Waals surface area contributed by atoms with Crippen LogP contribution in [0.2, 0.25) is 0 Å². The van der Waals surface area contributed by atoms with E-state index in [1.165, 1.54) is 12.0 Å². The van der Waals surface area contributed by atoms with Crippen LogP contribution in [0.5, 0.6) is 23.0 Å². The Balaban J connectivity index is 1.82. The van der Waals surface area contributed by atoms with Crippen LogP contribution in [0.3, 0.4) is 0 Å². The van der Waals surface area contributed by atoms with Gasteiger partial charge in [0.05, 0.1) is 24.7 Å². The molecule has 0 saturated carbocycles. The summed E-state index contributed by atoms with van der Waals surface area (Å²) in [5, 5.41) is 0. The molecular formula is C22H16O5S. The van der Waals surface area contributed by atoms with Gasteiger partial charge in [0.15, 0.2) is 5.60 Å². The summed E-state index contributed by atoms with van der Waals surface area (Å²) in [5.41, 5.74) is 1.81. The van der Waals surface area contributed by atoms with Crippen molar-refractivity contribution in [2.24, 2.45) is 0 Å². The van der Waals surface area contributed by atoms with Crippen molar-refractivity contribution in [2.75, 3.05) is 13.4 Å². The zero-order valence-electron chi connectivity index (χ0n) is 15.2. The molecule has 2 aliphatic heterocycles. The second-order valence-corrected chi connectivity index (χ2v) is 6.99. The molecule has 6 heteroatoms. The van der Waals surface area contributed by atoms with E-state index in [0.29, 0.717) is 28.6 Å². The number of methoxy groups -OCH3 is 1. The Kier molecular flexibility index (Phi) is 3.77. The molecule has 3 aromatic rings. The first kappa shape index (κ1) is 17.0. The summed E-state index contributed by atoms with van der Waals surface area (Å²) < 4.78 is 23.2. The fourth-order valence-electron chi connectivity index (χ4n) is 3.91. The van der Waals surface area contributed by atoms with Gasteiger partial charge in [0.2, 0.25) is 0 Å². The molecule has 1 atom stereocenters. The molecular weight excluding hydrogens is 376 g/mol. The van der Waals surface area contributed by atoms with Crippen molar-refractivity contribution in [1.82, 2.24) is 0 Å². The van der Waals surface area contributed by atoms with Crippen LogP contribution in [0.4, 0.5) is 0 Å². The molecule has 0 amide bonds. The summed E-state index contributed by atoms with van der Waals surface area (Å²) in [6.45, 7) is 0. The lowest BCUT2D eigenvalue weighted by atomic mass is 9.77. The Hall–Kier alpha value is -3.12. The van der Waals surface area contributed by atoms with Gasteiger partial charge < -0.3 is 18.4 Å². The van der Waals surface area contributed by atoms with E-state index in [9.17, 15) is 4.79 Å². The van der Waals surface area contributed by atoms with Crippen LogP contribution in [-0.4, -0.2) is 19.3 Å². The maximum Gasteiger partial charge on any atom is 0.340 e. The molecule has 0 aromatic heterocycles. The zero-order valence-corrected chi connectivity index (χ0v) is 16.0. The van der Waals surface area contributed by atoms with Gasteiger partial charge in [-0.25, -0.2) is 4.79 Å². The van der Waals surface area contributed by atoms with Gasteiger partial charge in [-0.05, 0) is 30.3 Å². The quantitative estimate of drug-likeness (QED) is 0.466. The second-order valence-electron chi connectivity index (χ2n) is 6.49. The molecule has 0 bridgehead atoms. The largest absolute Gasteiger partial charge is 0.497 e. The fraction of sp³-hybridized carbons (Fsp3) is 0.136. The van der Waals surface area contributed by atoms with Crippen LogP contribution in [0.15, 0.2) is 60.7 Å². The molecule has 3 aromatic carbocycles. The van der Waals surface area contributed by atoms with Gasteiger partial charge in [0.25, 0.3) is 0 Å². The topological polar surface area (TPSA) is 54.0 Å². The number of carbonyl (C=O) groups excluding carboxylic acids is 1. The number of esters is 1. The SMILES string of the molecule is COc1ccc2c(c1)Oc1cc(OSC)ccc1C21OC(=O)c2ccccc21. The van der Waals surface area contributed by atoms with Crippen molar-refractivity contribution < 1.29 is 23.2 Å². The van der Waals surface area contributed by atoms with Gasteiger partial charge in [-0.3, -0.25) is 0 Å². The molecule has 5 nitrogen and oxygen atoms in total. The van der Waals surface area contributed by atoms with E-state index in [-0.39, 0.29) is 5.97 Å². The van der Waals surface area contributed by atoms with Gasteiger partial charge >= 0.3 is 5.97 Å². The minimum atomic E-state index is -1.07. The van der Waals surface area contributed by atoms with E-state index in [0.717, 1.165) is 16.7 Å². The molecule has 0 fully saturated rings. The van der Waals surface area contributed by atoms with Crippen LogP contribution in [0.1, 0.15) is 27.0 Å². The number of rotatable bonds is 3. The molecule has 2 heterocycles. The normalized spacial score (nSPS) is 18.6. The average Bonchev–Trinajstić information content (AvgIpc) is 3.01. The first-order valence-corrected chi connectivity index (χ1v) is 9.87. The lowest BCUT2D eigenvalue weighted by Crippen LogP contribution is -2.33. The number of hydrogen-bond donors (Lipinski definition) is 0. The predicted octanol–water partition coefficient (Wildman–Crippen LogP) is 4.92. The van der Waals surface area contributed by atoms with Gasteiger partial charge in [0, 0.05) is 35.1 Å². The van der Waals surface area contributed by atoms with Crippen LogP contribution in [0.25, 0.3) is 0 Å². The van der Waals surface area contributed by atoms with Gasteiger partial charge in [0.1, 0.15) is 23.0 Å². The standard InChI is InChI=1S/C22H16O5S/c1-24-13-7-9-17-19(11-13)25-20-12-14(27-28-2)8-10-18(20)22(17)16-6-4-3-5-15(16)21(23)26-22/h3-12H,1-2H3. The number of carbonyl (C=O) groups is 1. The van der Waals surface area contributed by atoms with Crippen molar-refractivity contribution >= 4 is 18.0 Å². The third-order valence-electron chi connectivity index (χ3n) is 5.07. The van der Waals surface area contributed by atoms with E-state index in [2.05, 4.69) is 0 Å². The van der Waals surface area contributed by atoms with E-state index in [1.54, 1.807) is 19.2 Å². The Morgan fingerprint density at radius 2 is 1.57 bits per heavy atom. The molecule has 0 radical (unpaired) electrons. The van der Waals surface area contributed by atoms with Gasteiger partial charge in [-0.1, -0.05) is 18.2 Å². The van der Waals surface area contributed by atoms with Crippen LogP contribution < -0.4 is 13.7 Å². The molecule has 1 unspecified atom stereocenters. The van der Waals surface area contributed by atoms with E-state index in [4.69, 9.17) is 18.4 Å². The summed E-state index contributed by atoms with van der Waals surface area (Å²) in [6, 6.07) is 18.5. The average molecular weight is 392 g/mol. The highest BCUT2D eigenvalue weighted by molar-refractivity contribution is 7.94. The van der Waals surface area contributed by atoms with Crippen molar-refractivity contribution in [1.29, 1.82) is 0 Å². The Bertz CT molecular complexity index is 1110. The lowest BCUT2D eigenvalue weighted by molar-refractivity contribution is 0.0224. The lowest BCUT2D eigenvalue weighted by Gasteiger charge is -2.36. The first-order valence-electron chi connectivity index (χ1n) is 8.72. The third-order valence-corrected chi connectivity index (χ3v) is 5.43. The first-order chi connectivity index (χ1) is 13.7. The third kappa shape index (κ3) is 2.24. The van der Waals surface area contributed by atoms with Gasteiger partial charge in [-0.15, -0.1) is 0 Å². The zero-order chi connectivity index (χ0) is 19.3. The molecule has 0 aliphatic carbocycles. The highest BCUT2D eigenvalue weighted by atomic mass is 32.2. The maximum atomic E-state index is 12.7. The Morgan fingerprint density at radius 1 is 0.893 bits per heavy atom. The monoisotopic (exact) mass is 392 g/mol. The number of benzene rings is 3. The van der Waals surface area contributed by atoms with Crippen molar-refractivity contribution in [2.45, 2.75) is 5.60 Å². The van der Waals surface area contributed by atoms with E-state index in [1.807, 2.05) is 54.8 Å². The molecule has 1 spiro atoms. The van der Waals surface area contributed by atoms with Crippen LogP contribution in [-0.2, 0) is 10.3 Å². The van der Waals surface area contributed by atoms with Crippen molar-refractivity contribution in [3.63, 3.8) is 0 Å². The highest BCUT2D eigenvalue weighted by Gasteiger charge is 2.53.